The topological polar surface area (TPSA) is 74.5 Å². The molecule has 6 heteroatoms. The molecule has 0 aliphatic heterocycles. The Labute approximate surface area is 145 Å². The van der Waals surface area contributed by atoms with Crippen LogP contribution < -0.4 is 4.72 Å². The average molecular weight is 349 g/mol. The van der Waals surface area contributed by atoms with Crippen LogP contribution in [-0.2, 0) is 20.9 Å². The Kier molecular flexibility index (Phi) is 6.10. The molecule has 0 saturated carbocycles. The van der Waals surface area contributed by atoms with Crippen LogP contribution in [0, 0.1) is 0 Å². The van der Waals surface area contributed by atoms with Crippen LogP contribution in [0.25, 0.3) is 11.6 Å². The van der Waals surface area contributed by atoms with Crippen molar-refractivity contribution in [3.05, 3.63) is 48.6 Å². The van der Waals surface area contributed by atoms with Crippen molar-refractivity contribution in [2.24, 2.45) is 0 Å². The second-order valence-corrected chi connectivity index (χ2v) is 8.46. The average Bonchev–Trinajstić information content (AvgIpc) is 3.00. The molecule has 0 radical (unpaired) electrons. The molecule has 1 aliphatic carbocycles. The maximum atomic E-state index is 12.3. The molecule has 2 atom stereocenters. The maximum Gasteiger partial charge on any atom is 0.332 e. The molecule has 24 heavy (non-hydrogen) atoms. The van der Waals surface area contributed by atoms with E-state index >= 15 is 0 Å². The van der Waals surface area contributed by atoms with E-state index in [0.717, 1.165) is 16.9 Å². The zero-order chi connectivity index (χ0) is 17.7. The molecule has 0 aromatic carbocycles. The molecule has 130 valence electrons. The lowest BCUT2D eigenvalue weighted by Crippen LogP contribution is -2.48. The van der Waals surface area contributed by atoms with E-state index < -0.39 is 28.1 Å². The highest BCUT2D eigenvalue weighted by atomic mass is 32.2. The number of carbonyl (C=O) groups excluding carboxylic acids is 1. The van der Waals surface area contributed by atoms with E-state index in [4.69, 9.17) is 9.15 Å². The van der Waals surface area contributed by atoms with E-state index in [-0.39, 0.29) is 0 Å². The Morgan fingerprint density at radius 3 is 3.00 bits per heavy atom. The van der Waals surface area contributed by atoms with Crippen LogP contribution in [-0.4, -0.2) is 21.3 Å². The molecule has 0 spiro atoms. The van der Waals surface area contributed by atoms with E-state index in [1.54, 1.807) is 12.3 Å². The third-order valence-corrected chi connectivity index (χ3v) is 5.07. The molecule has 5 nitrogen and oxygen atoms in total. The molecule has 1 unspecified atom stereocenters. The van der Waals surface area contributed by atoms with Crippen LogP contribution in [0.2, 0.25) is 0 Å². The Morgan fingerprint density at radius 2 is 2.33 bits per heavy atom. The highest BCUT2D eigenvalue weighted by Gasteiger charge is 2.32. The number of hydrogen-bond acceptors (Lipinski definition) is 5. The van der Waals surface area contributed by atoms with Gasteiger partial charge in [-0.25, -0.2) is 4.79 Å². The summed E-state index contributed by atoms with van der Waals surface area (Å²) in [4.78, 5) is 12.3. The van der Waals surface area contributed by atoms with Gasteiger partial charge < -0.3 is 13.7 Å². The van der Waals surface area contributed by atoms with Gasteiger partial charge in [0.25, 0.3) is 0 Å². The molecule has 0 amide bonds. The number of esters is 1. The van der Waals surface area contributed by atoms with Crippen LogP contribution in [0.5, 0.6) is 0 Å². The van der Waals surface area contributed by atoms with Crippen LogP contribution in [0.4, 0.5) is 0 Å². The number of nitrogens with one attached hydrogen (secondary N) is 1. The lowest BCUT2D eigenvalue weighted by Gasteiger charge is -2.26. The first kappa shape index (κ1) is 18.6. The number of fused-ring (bicyclic) bond motifs is 1. The molecule has 0 bridgehead atoms. The number of rotatable bonds is 6. The number of hydrogen-bond donors (Lipinski definition) is 1. The van der Waals surface area contributed by atoms with Crippen molar-refractivity contribution in [2.75, 3.05) is 0 Å². The second kappa shape index (κ2) is 7.88. The van der Waals surface area contributed by atoms with Crippen molar-refractivity contribution >= 4 is 29.0 Å². The lowest BCUT2D eigenvalue weighted by molar-refractivity contribution is -0.139. The van der Waals surface area contributed by atoms with Crippen LogP contribution in [0.3, 0.4) is 0 Å². The van der Waals surface area contributed by atoms with Crippen LogP contribution >= 0.6 is 0 Å². The first-order valence-electron chi connectivity index (χ1n) is 7.76. The lowest BCUT2D eigenvalue weighted by atomic mass is 10.00. The first-order valence-corrected chi connectivity index (χ1v) is 8.91. The summed E-state index contributed by atoms with van der Waals surface area (Å²) >= 11 is -1.37. The van der Waals surface area contributed by atoms with E-state index in [1.807, 2.05) is 39.0 Å². The fourth-order valence-corrected chi connectivity index (χ4v) is 2.91. The predicted octanol–water partition coefficient (Wildman–Crippen LogP) is 3.58. The Morgan fingerprint density at radius 1 is 1.58 bits per heavy atom. The van der Waals surface area contributed by atoms with Gasteiger partial charge in [0, 0.05) is 22.5 Å². The monoisotopic (exact) mass is 349 g/mol. The summed E-state index contributed by atoms with van der Waals surface area (Å²) in [6.07, 6.45) is 9.47. The van der Waals surface area contributed by atoms with E-state index in [0.29, 0.717) is 12.8 Å². The van der Waals surface area contributed by atoms with Gasteiger partial charge in [-0.05, 0) is 45.8 Å². The summed E-state index contributed by atoms with van der Waals surface area (Å²) in [5, 5.41) is 0. The normalized spacial score (nSPS) is 18.1. The third-order valence-electron chi connectivity index (χ3n) is 3.46. The molecular formula is C18H23NO4S. The smallest absolute Gasteiger partial charge is 0.332 e. The summed E-state index contributed by atoms with van der Waals surface area (Å²) in [6.45, 7) is 9.15. The fourth-order valence-electron chi connectivity index (χ4n) is 2.11. The molecule has 1 heterocycles. The van der Waals surface area contributed by atoms with Gasteiger partial charge in [0.1, 0.15) is 10.5 Å². The summed E-state index contributed by atoms with van der Waals surface area (Å²) in [5.41, 5.74) is 1.78. The van der Waals surface area contributed by atoms with Gasteiger partial charge in [-0.1, -0.05) is 12.2 Å². The third kappa shape index (κ3) is 4.63. The summed E-state index contributed by atoms with van der Waals surface area (Å²) in [6, 6.07) is 1.13. The number of carbonyl (C=O) groups is 1. The summed E-state index contributed by atoms with van der Waals surface area (Å²) < 4.78 is 25.2. The predicted molar refractivity (Wildman–Crippen MR) is 96.1 cm³/mol. The molecule has 1 aliphatic rings. The molecule has 0 fully saturated rings. The van der Waals surface area contributed by atoms with E-state index in [1.165, 1.54) is 6.26 Å². The van der Waals surface area contributed by atoms with Crippen LogP contribution in [0.1, 0.15) is 44.9 Å². The molecule has 1 aromatic rings. The fraction of sp³-hybridized carbons (Fsp3) is 0.389. The molecular weight excluding hydrogens is 326 g/mol. The van der Waals surface area contributed by atoms with Gasteiger partial charge >= 0.3 is 5.97 Å². The minimum atomic E-state index is -1.37. The van der Waals surface area contributed by atoms with Crippen molar-refractivity contribution in [1.82, 2.24) is 4.72 Å². The Bertz CT molecular complexity index is 654. The van der Waals surface area contributed by atoms with Gasteiger partial charge in [0.2, 0.25) is 0 Å². The highest BCUT2D eigenvalue weighted by Crippen LogP contribution is 2.29. The molecule has 1 N–H and O–H groups in total. The second-order valence-electron chi connectivity index (χ2n) is 6.46. The van der Waals surface area contributed by atoms with Crippen molar-refractivity contribution in [3.63, 3.8) is 0 Å². The van der Waals surface area contributed by atoms with Crippen molar-refractivity contribution < 1.29 is 18.5 Å². The van der Waals surface area contributed by atoms with Gasteiger partial charge in [0.05, 0.1) is 12.5 Å². The van der Waals surface area contributed by atoms with Crippen molar-refractivity contribution in [1.29, 1.82) is 0 Å². The van der Waals surface area contributed by atoms with Gasteiger partial charge in [0.15, 0.2) is 6.04 Å². The minimum Gasteiger partial charge on any atom is -0.598 e. The van der Waals surface area contributed by atoms with Gasteiger partial charge in [-0.3, -0.25) is 0 Å². The first-order chi connectivity index (χ1) is 11.3. The van der Waals surface area contributed by atoms with E-state index in [2.05, 4.69) is 11.3 Å². The number of furan rings is 1. The van der Waals surface area contributed by atoms with Crippen molar-refractivity contribution in [3.8, 4) is 0 Å². The zero-order valence-corrected chi connectivity index (χ0v) is 15.0. The van der Waals surface area contributed by atoms with E-state index in [9.17, 15) is 9.35 Å². The SMILES string of the molecule is C=CC[C@@H](N[S+]([O-])C(C)(C)C)C(=O)OC=C1CC=Cc2occc21. The maximum absolute atomic E-state index is 12.3. The molecule has 1 aromatic heterocycles. The zero-order valence-electron chi connectivity index (χ0n) is 14.2. The number of allylic oxidation sites excluding steroid dienone is 2. The Hall–Kier alpha value is -1.76. The minimum absolute atomic E-state index is 0.334. The quantitative estimate of drug-likeness (QED) is 0.368. The van der Waals surface area contributed by atoms with Crippen LogP contribution in [0.15, 0.2) is 41.7 Å². The van der Waals surface area contributed by atoms with Crippen molar-refractivity contribution in [2.45, 2.75) is 44.4 Å². The molecule has 2 rings (SSSR count). The standard InChI is InChI=1S/C18H23NO4S/c1-5-7-15(19-24(21)18(2,3)4)17(20)23-12-13-8-6-9-16-14(13)10-11-22-16/h5-6,9-12,15,19H,1,7-8H2,2-4H3/t15-,24?/m1/s1. The number of ether oxygens (including phenoxy) is 1. The summed E-state index contributed by atoms with van der Waals surface area (Å²) in [5.74, 6) is 0.262. The van der Waals surface area contributed by atoms with Gasteiger partial charge in [-0.2, -0.15) is 0 Å². The Balaban J connectivity index is 2.05. The molecule has 0 saturated heterocycles. The largest absolute Gasteiger partial charge is 0.598 e. The highest BCUT2D eigenvalue weighted by molar-refractivity contribution is 7.90. The van der Waals surface area contributed by atoms with Gasteiger partial charge in [-0.15, -0.1) is 11.3 Å². The summed E-state index contributed by atoms with van der Waals surface area (Å²) in [7, 11) is 0.